The predicted octanol–water partition coefficient (Wildman–Crippen LogP) is 7.74. The Morgan fingerprint density at radius 1 is 1.08 bits per heavy atom. The summed E-state index contributed by atoms with van der Waals surface area (Å²) in [6, 6.07) is 7.23. The average Bonchev–Trinajstić information content (AvgIpc) is 2.88. The average molecular weight is 399 g/mol. The molecule has 1 nitrogen and oxygen atoms in total. The first-order chi connectivity index (χ1) is 12.0. The van der Waals surface area contributed by atoms with Crippen LogP contribution in [0, 0.1) is 11.6 Å². The number of hydrogen-bond acceptors (Lipinski definition) is 1. The van der Waals surface area contributed by atoms with Crippen LogP contribution < -0.4 is 0 Å². The minimum absolute atomic E-state index is 0.256. The van der Waals surface area contributed by atoms with Crippen molar-refractivity contribution in [3.05, 3.63) is 69.6 Å². The van der Waals surface area contributed by atoms with Crippen molar-refractivity contribution in [2.75, 3.05) is 0 Å². The van der Waals surface area contributed by atoms with Gasteiger partial charge in [-0.2, -0.15) is 0 Å². The van der Waals surface area contributed by atoms with Crippen LogP contribution in [0.25, 0.3) is 21.6 Å². The molecule has 1 unspecified atom stereocenters. The third kappa shape index (κ3) is 4.00. The highest BCUT2D eigenvalue weighted by Crippen LogP contribution is 2.41. The van der Waals surface area contributed by atoms with E-state index in [-0.39, 0.29) is 15.9 Å². The van der Waals surface area contributed by atoms with Gasteiger partial charge in [-0.15, -0.1) is 8.19 Å². The summed E-state index contributed by atoms with van der Waals surface area (Å²) >= 11 is 11.8. The molecular weight excluding hydrogens is 384 g/mol. The molecule has 0 saturated heterocycles. The molecule has 1 N–H and O–H groups in total. The molecule has 0 radical (unpaired) electrons. The minimum Gasteiger partial charge on any atom is -0.516 e. The number of aliphatic hydroxyl groups excluding tert-OH is 1. The molecule has 0 aliphatic heterocycles. The van der Waals surface area contributed by atoms with E-state index < -0.39 is 5.82 Å². The molecule has 6 heteroatoms. The molecule has 3 aromatic rings. The van der Waals surface area contributed by atoms with Crippen molar-refractivity contribution in [3.63, 3.8) is 0 Å². The molecule has 130 valence electrons. The maximum atomic E-state index is 14.1. The van der Waals surface area contributed by atoms with Crippen LogP contribution >= 0.6 is 31.4 Å². The van der Waals surface area contributed by atoms with Crippen LogP contribution in [0.4, 0.5) is 8.78 Å². The van der Waals surface area contributed by atoms with E-state index in [2.05, 4.69) is 0 Å². The van der Waals surface area contributed by atoms with Gasteiger partial charge in [0.1, 0.15) is 11.6 Å². The number of aliphatic hydroxyl groups is 1. The Labute approximate surface area is 156 Å². The van der Waals surface area contributed by atoms with E-state index in [4.69, 9.17) is 28.3 Å². The lowest BCUT2D eigenvalue weighted by Crippen LogP contribution is -1.94. The third-order valence-corrected chi connectivity index (χ3v) is 5.77. The second-order valence-corrected chi connectivity index (χ2v) is 7.74. The zero-order valence-electron chi connectivity index (χ0n) is 13.1. The van der Waals surface area contributed by atoms with Crippen molar-refractivity contribution in [2.24, 2.45) is 0 Å². The quantitative estimate of drug-likeness (QED) is 0.415. The zero-order valence-corrected chi connectivity index (χ0v) is 15.6. The molecule has 25 heavy (non-hydrogen) atoms. The third-order valence-electron chi connectivity index (χ3n) is 4.10. The van der Waals surface area contributed by atoms with Crippen LogP contribution in [-0.2, 0) is 0 Å². The fourth-order valence-corrected chi connectivity index (χ4v) is 4.38. The molecule has 4 rings (SSSR count). The van der Waals surface area contributed by atoms with Crippen LogP contribution in [0.2, 0.25) is 10.0 Å². The van der Waals surface area contributed by atoms with Crippen LogP contribution in [0.3, 0.4) is 0 Å². The van der Waals surface area contributed by atoms with E-state index in [1.807, 2.05) is 5.80 Å². The minimum atomic E-state index is -0.467. The maximum Gasteiger partial charge on any atom is 0.134 e. The fourth-order valence-electron chi connectivity index (χ4n) is 2.61. The van der Waals surface area contributed by atoms with Gasteiger partial charge in [-0.25, -0.2) is 8.78 Å². The molecule has 1 aliphatic rings. The molecule has 1 atom stereocenters. The lowest BCUT2D eigenvalue weighted by Gasteiger charge is -2.12. The van der Waals surface area contributed by atoms with Crippen LogP contribution in [0.15, 0.2) is 48.0 Å². The highest BCUT2D eigenvalue weighted by atomic mass is 35.5. The van der Waals surface area contributed by atoms with Gasteiger partial charge in [-0.3, -0.25) is 0 Å². The Balaban J connectivity index is 0.000000258. The summed E-state index contributed by atoms with van der Waals surface area (Å²) in [6.07, 6.45) is 4.74. The summed E-state index contributed by atoms with van der Waals surface area (Å²) < 4.78 is 27.2. The molecule has 1 saturated carbocycles. The van der Waals surface area contributed by atoms with Gasteiger partial charge in [0.25, 0.3) is 0 Å². The maximum absolute atomic E-state index is 14.1. The Kier molecular flexibility index (Phi) is 5.68. The largest absolute Gasteiger partial charge is 0.516 e. The van der Waals surface area contributed by atoms with Gasteiger partial charge in [-0.05, 0) is 65.8 Å². The van der Waals surface area contributed by atoms with E-state index in [0.29, 0.717) is 19.3 Å². The highest BCUT2D eigenvalue weighted by molar-refractivity contribution is 7.36. The van der Waals surface area contributed by atoms with Gasteiger partial charge >= 0.3 is 0 Å². The van der Waals surface area contributed by atoms with Gasteiger partial charge in [0.05, 0.1) is 11.3 Å². The lowest BCUT2D eigenvalue weighted by molar-refractivity contribution is 0.447. The van der Waals surface area contributed by atoms with Gasteiger partial charge in [0, 0.05) is 15.7 Å². The van der Waals surface area contributed by atoms with E-state index in [9.17, 15) is 8.78 Å². The van der Waals surface area contributed by atoms with Gasteiger partial charge in [-0.1, -0.05) is 29.3 Å². The number of fused-ring (bicyclic) bond motifs is 1. The van der Waals surface area contributed by atoms with Crippen molar-refractivity contribution in [1.82, 2.24) is 0 Å². The summed E-state index contributed by atoms with van der Waals surface area (Å²) in [5.74, 6) is 1.12. The topological polar surface area (TPSA) is 20.2 Å². The first-order valence-electron chi connectivity index (χ1n) is 7.73. The second kappa shape index (κ2) is 7.78. The number of allylic oxidation sites excluding steroid dienone is 1. The van der Waals surface area contributed by atoms with Crippen molar-refractivity contribution >= 4 is 41.9 Å². The van der Waals surface area contributed by atoms with Crippen molar-refractivity contribution in [2.45, 2.75) is 19.3 Å². The standard InChI is InChI=1S/C14H7Cl2F2P.C5H8O/c15-7-3-11(16)14(12(18)4-7)10-6-19-13-5-8(17)1-2-9(10)13;6-4-5-2-1-3-5/h1-6,19H;4,6H,1-3H2. The first kappa shape index (κ1) is 18.3. The molecule has 0 bridgehead atoms. The van der Waals surface area contributed by atoms with Crippen LogP contribution in [0.5, 0.6) is 0 Å². The molecule has 1 aromatic heterocycles. The summed E-state index contributed by atoms with van der Waals surface area (Å²) in [5.41, 5.74) is 2.23. The summed E-state index contributed by atoms with van der Waals surface area (Å²) in [6.45, 7) is 0. The molecular formula is C19H15Cl2F2OP. The zero-order chi connectivity index (χ0) is 18.0. The van der Waals surface area contributed by atoms with Crippen molar-refractivity contribution < 1.29 is 13.9 Å². The number of benzene rings is 2. The molecule has 1 fully saturated rings. The summed E-state index contributed by atoms with van der Waals surface area (Å²) in [7, 11) is 0.312. The number of hydrogen-bond donors (Lipinski definition) is 1. The Morgan fingerprint density at radius 2 is 1.84 bits per heavy atom. The van der Waals surface area contributed by atoms with Crippen molar-refractivity contribution in [1.29, 1.82) is 0 Å². The number of rotatable bonds is 1. The SMILES string of the molecule is Fc1ccc2c(-c3c(F)cc(Cl)cc3Cl)c[pH]c2c1.OC=C1CCC1. The Hall–Kier alpha value is -1.54. The monoisotopic (exact) mass is 398 g/mol. The van der Waals surface area contributed by atoms with Crippen LogP contribution in [-0.4, -0.2) is 5.11 Å². The lowest BCUT2D eigenvalue weighted by atomic mass is 9.94. The van der Waals surface area contributed by atoms with E-state index in [1.165, 1.54) is 42.5 Å². The molecule has 1 heterocycles. The predicted molar refractivity (Wildman–Crippen MR) is 103 cm³/mol. The van der Waals surface area contributed by atoms with Crippen molar-refractivity contribution in [3.8, 4) is 11.1 Å². The smallest absolute Gasteiger partial charge is 0.134 e. The van der Waals surface area contributed by atoms with E-state index in [0.717, 1.165) is 23.3 Å². The van der Waals surface area contributed by atoms with Gasteiger partial charge < -0.3 is 5.11 Å². The highest BCUT2D eigenvalue weighted by Gasteiger charge is 2.15. The van der Waals surface area contributed by atoms with E-state index >= 15 is 0 Å². The Bertz CT molecular complexity index is 921. The number of halogens is 4. The molecule has 1 aliphatic carbocycles. The second-order valence-electron chi connectivity index (χ2n) is 5.78. The van der Waals surface area contributed by atoms with Gasteiger partial charge in [0.15, 0.2) is 0 Å². The fraction of sp³-hybridized carbons (Fsp3) is 0.158. The molecule has 0 amide bonds. The molecule has 0 spiro atoms. The molecule has 2 aromatic carbocycles. The van der Waals surface area contributed by atoms with Crippen LogP contribution in [0.1, 0.15) is 19.3 Å². The van der Waals surface area contributed by atoms with Gasteiger partial charge in [0.2, 0.25) is 0 Å². The first-order valence-corrected chi connectivity index (χ1v) is 9.56. The van der Waals surface area contributed by atoms with E-state index in [1.54, 1.807) is 6.07 Å². The summed E-state index contributed by atoms with van der Waals surface area (Å²) in [5, 5.41) is 10.4. The normalized spacial score (nSPS) is 13.5. The summed E-state index contributed by atoms with van der Waals surface area (Å²) in [4.78, 5) is 0. The Morgan fingerprint density at radius 3 is 2.40 bits per heavy atom.